The van der Waals surface area contributed by atoms with Gasteiger partial charge >= 0.3 is 5.97 Å². The van der Waals surface area contributed by atoms with Crippen LogP contribution in [0.5, 0.6) is 5.75 Å². The molecule has 0 bridgehead atoms. The lowest BCUT2D eigenvalue weighted by molar-refractivity contribution is -0.139. The summed E-state index contributed by atoms with van der Waals surface area (Å²) in [5.74, 6) is -0.899. The Labute approximate surface area is 155 Å². The first-order valence-corrected chi connectivity index (χ1v) is 8.99. The van der Waals surface area contributed by atoms with Gasteiger partial charge in [0.1, 0.15) is 11.4 Å². The quantitative estimate of drug-likeness (QED) is 0.767. The largest absolute Gasteiger partial charge is 0.493 e. The number of aromatic nitrogens is 1. The van der Waals surface area contributed by atoms with E-state index >= 15 is 0 Å². The lowest BCUT2D eigenvalue weighted by atomic mass is 9.93. The van der Waals surface area contributed by atoms with Crippen LogP contribution in [-0.4, -0.2) is 34.4 Å². The summed E-state index contributed by atoms with van der Waals surface area (Å²) in [5, 5.41) is 12.2. The number of carboxylic acid groups (broad SMARTS) is 1. The third-order valence-corrected chi connectivity index (χ3v) is 5.23. The van der Waals surface area contributed by atoms with Crippen LogP contribution in [-0.2, 0) is 17.6 Å². The van der Waals surface area contributed by atoms with E-state index in [4.69, 9.17) is 4.74 Å². The molecule has 1 amide bonds. The van der Waals surface area contributed by atoms with Crippen molar-refractivity contribution in [2.24, 2.45) is 0 Å². The molecule has 0 spiro atoms. The van der Waals surface area contributed by atoms with Gasteiger partial charge in [0, 0.05) is 24.1 Å². The Morgan fingerprint density at radius 3 is 2.81 bits per heavy atom. The third kappa shape index (κ3) is 2.99. The summed E-state index contributed by atoms with van der Waals surface area (Å²) >= 11 is 0. The molecular formula is C20H20N2O5. The second-order valence-corrected chi connectivity index (χ2v) is 6.97. The van der Waals surface area contributed by atoms with Gasteiger partial charge in [0.2, 0.25) is 0 Å². The van der Waals surface area contributed by atoms with Crippen LogP contribution in [0.15, 0.2) is 18.2 Å². The van der Waals surface area contributed by atoms with Crippen molar-refractivity contribution in [1.29, 1.82) is 0 Å². The van der Waals surface area contributed by atoms with Crippen LogP contribution in [0, 0.1) is 6.92 Å². The zero-order valence-corrected chi connectivity index (χ0v) is 14.9. The van der Waals surface area contributed by atoms with Crippen molar-refractivity contribution in [1.82, 2.24) is 10.3 Å². The number of fused-ring (bicyclic) bond motifs is 2. The summed E-state index contributed by atoms with van der Waals surface area (Å²) in [5.41, 5.74) is 3.60. The van der Waals surface area contributed by atoms with E-state index in [0.29, 0.717) is 42.6 Å². The first-order valence-electron chi connectivity index (χ1n) is 8.99. The number of carboxylic acids is 1. The fourth-order valence-electron chi connectivity index (χ4n) is 3.88. The van der Waals surface area contributed by atoms with Crippen LogP contribution in [0.4, 0.5) is 0 Å². The van der Waals surface area contributed by atoms with E-state index in [1.54, 1.807) is 25.1 Å². The summed E-state index contributed by atoms with van der Waals surface area (Å²) in [6, 6.07) is 3.97. The molecule has 0 fully saturated rings. The highest BCUT2D eigenvalue weighted by Gasteiger charge is 2.29. The second kappa shape index (κ2) is 6.57. The maximum Gasteiger partial charge on any atom is 0.330 e. The Bertz CT molecular complexity index is 960. The first kappa shape index (κ1) is 17.3. The highest BCUT2D eigenvalue weighted by atomic mass is 16.5. The van der Waals surface area contributed by atoms with Crippen molar-refractivity contribution in [2.45, 2.75) is 38.6 Å². The van der Waals surface area contributed by atoms with Crippen molar-refractivity contribution in [3.63, 3.8) is 0 Å². The molecule has 0 radical (unpaired) electrons. The Morgan fingerprint density at radius 2 is 2.07 bits per heavy atom. The summed E-state index contributed by atoms with van der Waals surface area (Å²) in [7, 11) is 0. The lowest BCUT2D eigenvalue weighted by Gasteiger charge is -2.16. The number of ketones is 1. The number of carbonyl (C=O) groups excluding carboxylic acids is 2. The third-order valence-electron chi connectivity index (χ3n) is 5.23. The van der Waals surface area contributed by atoms with Crippen LogP contribution in [0.25, 0.3) is 0 Å². The second-order valence-electron chi connectivity index (χ2n) is 6.97. The summed E-state index contributed by atoms with van der Waals surface area (Å²) in [6.45, 7) is 2.29. The number of amides is 1. The molecule has 1 unspecified atom stereocenters. The van der Waals surface area contributed by atoms with Crippen LogP contribution >= 0.6 is 0 Å². The molecule has 0 saturated heterocycles. The highest BCUT2D eigenvalue weighted by Crippen LogP contribution is 2.29. The molecule has 27 heavy (non-hydrogen) atoms. The summed E-state index contributed by atoms with van der Waals surface area (Å²) < 4.78 is 5.44. The number of rotatable bonds is 4. The number of benzene rings is 1. The van der Waals surface area contributed by atoms with Crippen molar-refractivity contribution in [2.75, 3.05) is 6.61 Å². The summed E-state index contributed by atoms with van der Waals surface area (Å²) in [4.78, 5) is 39.7. The first-order chi connectivity index (χ1) is 13.0. The number of aliphatic carboxylic acids is 1. The standard InChI is InChI=1S/C20H20N2O5/c1-10-16-13(3-2-4-14(16)23)21-17(10)19(24)22-18(20(25)26)12-5-6-15-11(9-12)7-8-27-15/h5-6,9,18,21H,2-4,7-8H2,1H3,(H,22,24)(H,25,26). The van der Waals surface area contributed by atoms with Gasteiger partial charge in [0.05, 0.1) is 6.61 Å². The van der Waals surface area contributed by atoms with Gasteiger partial charge in [0.15, 0.2) is 11.8 Å². The van der Waals surface area contributed by atoms with Crippen LogP contribution in [0.1, 0.15) is 62.1 Å². The zero-order chi connectivity index (χ0) is 19.1. The number of aromatic amines is 1. The molecule has 1 aliphatic carbocycles. The average molecular weight is 368 g/mol. The Morgan fingerprint density at radius 1 is 1.26 bits per heavy atom. The van der Waals surface area contributed by atoms with E-state index in [2.05, 4.69) is 10.3 Å². The number of H-pyrrole nitrogens is 1. The Hall–Kier alpha value is -3.09. The number of hydrogen-bond donors (Lipinski definition) is 3. The van der Waals surface area contributed by atoms with E-state index in [9.17, 15) is 19.5 Å². The number of carbonyl (C=O) groups is 3. The molecule has 0 saturated carbocycles. The van der Waals surface area contributed by atoms with E-state index in [1.807, 2.05) is 0 Å². The highest BCUT2D eigenvalue weighted by molar-refractivity contribution is 6.04. The number of hydrogen-bond acceptors (Lipinski definition) is 4. The SMILES string of the molecule is Cc1c(C(=O)NC(C(=O)O)c2ccc3c(c2)CCO3)[nH]c2c1C(=O)CCC2. The molecule has 1 aromatic carbocycles. The minimum Gasteiger partial charge on any atom is -0.493 e. The average Bonchev–Trinajstić information content (AvgIpc) is 3.23. The molecule has 2 aliphatic rings. The Balaban J connectivity index is 1.62. The number of Topliss-reactive ketones (excluding diaryl/α,β-unsaturated/α-hetero) is 1. The maximum atomic E-state index is 12.8. The number of aryl methyl sites for hydroxylation is 1. The van der Waals surface area contributed by atoms with Gasteiger partial charge < -0.3 is 20.1 Å². The molecule has 140 valence electrons. The number of nitrogens with one attached hydrogen (secondary N) is 2. The molecule has 2 aromatic rings. The molecule has 7 heteroatoms. The minimum atomic E-state index is -1.18. The monoisotopic (exact) mass is 368 g/mol. The smallest absolute Gasteiger partial charge is 0.330 e. The maximum absolute atomic E-state index is 12.8. The van der Waals surface area contributed by atoms with Gasteiger partial charge in [-0.05, 0) is 48.6 Å². The zero-order valence-electron chi connectivity index (χ0n) is 14.9. The Kier molecular flexibility index (Phi) is 4.22. The normalized spacial score (nSPS) is 16.3. The molecule has 4 rings (SSSR count). The fraction of sp³-hybridized carbons (Fsp3) is 0.350. The van der Waals surface area contributed by atoms with Gasteiger partial charge in [-0.3, -0.25) is 9.59 Å². The van der Waals surface area contributed by atoms with E-state index in [1.165, 1.54) is 0 Å². The summed E-state index contributed by atoms with van der Waals surface area (Å²) in [6.07, 6.45) is 2.65. The van der Waals surface area contributed by atoms with Crippen molar-refractivity contribution in [3.8, 4) is 5.75 Å². The van der Waals surface area contributed by atoms with E-state index in [-0.39, 0.29) is 11.5 Å². The molecular weight excluding hydrogens is 348 g/mol. The fourth-order valence-corrected chi connectivity index (χ4v) is 3.88. The minimum absolute atomic E-state index is 0.0254. The van der Waals surface area contributed by atoms with Crippen molar-refractivity contribution >= 4 is 17.7 Å². The lowest BCUT2D eigenvalue weighted by Crippen LogP contribution is -2.34. The van der Waals surface area contributed by atoms with Gasteiger partial charge in [-0.25, -0.2) is 4.79 Å². The molecule has 7 nitrogen and oxygen atoms in total. The van der Waals surface area contributed by atoms with Crippen LogP contribution in [0.3, 0.4) is 0 Å². The molecule has 3 N–H and O–H groups in total. The molecule has 1 atom stereocenters. The van der Waals surface area contributed by atoms with E-state index < -0.39 is 17.9 Å². The van der Waals surface area contributed by atoms with E-state index in [0.717, 1.165) is 23.4 Å². The molecule has 2 heterocycles. The van der Waals surface area contributed by atoms with Crippen molar-refractivity contribution in [3.05, 3.63) is 51.8 Å². The van der Waals surface area contributed by atoms with Gasteiger partial charge in [-0.1, -0.05) is 6.07 Å². The van der Waals surface area contributed by atoms with Crippen molar-refractivity contribution < 1.29 is 24.2 Å². The predicted molar refractivity (Wildman–Crippen MR) is 96.3 cm³/mol. The van der Waals surface area contributed by atoms with Crippen LogP contribution < -0.4 is 10.1 Å². The number of ether oxygens (including phenoxy) is 1. The van der Waals surface area contributed by atoms with Gasteiger partial charge in [0.25, 0.3) is 5.91 Å². The van der Waals surface area contributed by atoms with Crippen LogP contribution in [0.2, 0.25) is 0 Å². The van der Waals surface area contributed by atoms with Gasteiger partial charge in [-0.15, -0.1) is 0 Å². The molecule has 1 aromatic heterocycles. The predicted octanol–water partition coefficient (Wildman–Crippen LogP) is 2.33. The topological polar surface area (TPSA) is 108 Å². The molecule has 1 aliphatic heterocycles. The van der Waals surface area contributed by atoms with Gasteiger partial charge in [-0.2, -0.15) is 0 Å².